The van der Waals surface area contributed by atoms with E-state index in [1.807, 2.05) is 43.3 Å². The Bertz CT molecular complexity index is 1310. The minimum atomic E-state index is -0.895. The van der Waals surface area contributed by atoms with Crippen LogP contribution in [0.1, 0.15) is 16.7 Å². The maximum Gasteiger partial charge on any atom is 0.329 e. The Labute approximate surface area is 221 Å². The molecule has 38 heavy (non-hydrogen) atoms. The number of nitrogens with zero attached hydrogens (tertiary/aromatic N) is 1. The van der Waals surface area contributed by atoms with Gasteiger partial charge in [0.1, 0.15) is 5.75 Å². The third kappa shape index (κ3) is 8.37. The highest BCUT2D eigenvalue weighted by Gasteiger charge is 2.12. The lowest BCUT2D eigenvalue weighted by Gasteiger charge is -2.10. The Hall–Kier alpha value is -4.86. The summed E-state index contributed by atoms with van der Waals surface area (Å²) in [4.78, 5) is 36.3. The zero-order valence-corrected chi connectivity index (χ0v) is 21.4. The summed E-state index contributed by atoms with van der Waals surface area (Å²) < 4.78 is 16.0. The predicted octanol–water partition coefficient (Wildman–Crippen LogP) is 2.84. The van der Waals surface area contributed by atoms with E-state index < -0.39 is 11.8 Å². The highest BCUT2D eigenvalue weighted by atomic mass is 16.5. The quantitative estimate of drug-likeness (QED) is 0.204. The highest BCUT2D eigenvalue weighted by Crippen LogP contribution is 2.27. The van der Waals surface area contributed by atoms with Crippen LogP contribution in [0.5, 0.6) is 17.2 Å². The molecule has 0 atom stereocenters. The van der Waals surface area contributed by atoms with Crippen molar-refractivity contribution in [1.29, 1.82) is 0 Å². The average Bonchev–Trinajstić information content (AvgIpc) is 2.93. The number of aryl methyl sites for hydroxylation is 1. The van der Waals surface area contributed by atoms with Crippen molar-refractivity contribution in [1.82, 2.24) is 10.7 Å². The maximum absolute atomic E-state index is 12.2. The van der Waals surface area contributed by atoms with Crippen LogP contribution in [0.3, 0.4) is 0 Å². The molecule has 3 aromatic rings. The molecule has 0 saturated heterocycles. The monoisotopic (exact) mass is 518 g/mol. The van der Waals surface area contributed by atoms with E-state index in [1.165, 1.54) is 6.21 Å². The van der Waals surface area contributed by atoms with Gasteiger partial charge in [-0.15, -0.1) is 0 Å². The number of hydrogen-bond acceptors (Lipinski definition) is 7. The number of benzene rings is 3. The maximum atomic E-state index is 12.2. The molecular formula is C28H30N4O6. The van der Waals surface area contributed by atoms with Crippen LogP contribution in [0.2, 0.25) is 0 Å². The topological polar surface area (TPSA) is 127 Å². The lowest BCUT2D eigenvalue weighted by Crippen LogP contribution is -2.38. The van der Waals surface area contributed by atoms with Gasteiger partial charge in [-0.1, -0.05) is 36.4 Å². The van der Waals surface area contributed by atoms with Gasteiger partial charge in [0.2, 0.25) is 0 Å². The van der Waals surface area contributed by atoms with Crippen molar-refractivity contribution in [2.45, 2.75) is 13.3 Å². The normalized spacial score (nSPS) is 10.5. The van der Waals surface area contributed by atoms with Gasteiger partial charge in [-0.2, -0.15) is 5.10 Å². The predicted molar refractivity (Wildman–Crippen MR) is 144 cm³/mol. The third-order valence-electron chi connectivity index (χ3n) is 5.38. The first-order valence-corrected chi connectivity index (χ1v) is 11.8. The summed E-state index contributed by atoms with van der Waals surface area (Å²) >= 11 is 0. The second-order valence-electron chi connectivity index (χ2n) is 8.12. The third-order valence-corrected chi connectivity index (χ3v) is 5.38. The first-order valence-electron chi connectivity index (χ1n) is 11.8. The van der Waals surface area contributed by atoms with Crippen molar-refractivity contribution in [2.75, 3.05) is 32.7 Å². The van der Waals surface area contributed by atoms with Crippen LogP contribution in [0, 0.1) is 6.92 Å². The van der Waals surface area contributed by atoms with E-state index in [2.05, 4.69) is 21.2 Å². The molecule has 0 radical (unpaired) electrons. The van der Waals surface area contributed by atoms with Crippen molar-refractivity contribution in [3.8, 4) is 17.2 Å². The molecule has 0 heterocycles. The Kier molecular flexibility index (Phi) is 10.2. The van der Waals surface area contributed by atoms with E-state index in [4.69, 9.17) is 14.2 Å². The van der Waals surface area contributed by atoms with Gasteiger partial charge in [0.15, 0.2) is 18.1 Å². The molecule has 198 valence electrons. The van der Waals surface area contributed by atoms with Gasteiger partial charge in [-0.25, -0.2) is 5.43 Å². The molecule has 0 bridgehead atoms. The molecule has 3 N–H and O–H groups in total. The standard InChI is InChI=1S/C28H30N4O6/c1-19-7-4-5-10-23(19)31-26(33)18-38-22-9-6-8-21(15-22)17-30-32-28(35)27(34)29-14-13-20-11-12-24(36-2)25(16-20)37-3/h4-12,15-17H,13-14,18H2,1-3H3,(H,29,34)(H,31,33)(H,32,35)/b30-17-. The van der Waals surface area contributed by atoms with E-state index in [0.717, 1.165) is 16.8 Å². The zero-order chi connectivity index (χ0) is 27.3. The minimum Gasteiger partial charge on any atom is -0.493 e. The van der Waals surface area contributed by atoms with Crippen LogP contribution in [-0.4, -0.2) is 51.3 Å². The van der Waals surface area contributed by atoms with Gasteiger partial charge in [-0.3, -0.25) is 14.4 Å². The van der Waals surface area contributed by atoms with Crippen LogP contribution in [0.4, 0.5) is 5.69 Å². The summed E-state index contributed by atoms with van der Waals surface area (Å²) in [5.74, 6) is -0.342. The van der Waals surface area contributed by atoms with Crippen molar-refractivity contribution in [3.63, 3.8) is 0 Å². The minimum absolute atomic E-state index is 0.171. The highest BCUT2D eigenvalue weighted by molar-refractivity contribution is 6.35. The van der Waals surface area contributed by atoms with Crippen molar-refractivity contribution >= 4 is 29.6 Å². The molecule has 0 unspecified atom stereocenters. The fraction of sp³-hybridized carbons (Fsp3) is 0.214. The fourth-order valence-corrected chi connectivity index (χ4v) is 3.39. The molecule has 0 spiro atoms. The summed E-state index contributed by atoms with van der Waals surface area (Å²) in [6.07, 6.45) is 1.87. The number of amides is 3. The molecule has 3 rings (SSSR count). The molecule has 0 fully saturated rings. The van der Waals surface area contributed by atoms with Gasteiger partial charge in [0.05, 0.1) is 20.4 Å². The summed E-state index contributed by atoms with van der Waals surface area (Å²) in [6.45, 7) is 1.99. The van der Waals surface area contributed by atoms with Crippen LogP contribution in [0.25, 0.3) is 0 Å². The summed E-state index contributed by atoms with van der Waals surface area (Å²) in [5, 5.41) is 9.17. The summed E-state index contributed by atoms with van der Waals surface area (Å²) in [5.41, 5.74) is 5.39. The Morgan fingerprint density at radius 1 is 0.895 bits per heavy atom. The number of carbonyl (C=O) groups is 3. The second-order valence-corrected chi connectivity index (χ2v) is 8.12. The fourth-order valence-electron chi connectivity index (χ4n) is 3.39. The SMILES string of the molecule is COc1ccc(CCNC(=O)C(=O)N/N=C\c2cccc(OCC(=O)Nc3ccccc3C)c2)cc1OC. The molecule has 3 amide bonds. The molecule has 0 aliphatic rings. The Balaban J connectivity index is 1.42. The average molecular weight is 519 g/mol. The number of hydrogen-bond donors (Lipinski definition) is 3. The van der Waals surface area contributed by atoms with Crippen molar-refractivity contribution in [2.24, 2.45) is 5.10 Å². The molecule has 3 aromatic carbocycles. The van der Waals surface area contributed by atoms with E-state index in [-0.39, 0.29) is 19.1 Å². The number of nitrogens with one attached hydrogen (secondary N) is 3. The lowest BCUT2D eigenvalue weighted by molar-refractivity contribution is -0.139. The molecule has 10 heteroatoms. The van der Waals surface area contributed by atoms with E-state index in [0.29, 0.717) is 29.2 Å². The van der Waals surface area contributed by atoms with E-state index in [9.17, 15) is 14.4 Å². The van der Waals surface area contributed by atoms with Gasteiger partial charge in [0, 0.05) is 12.2 Å². The number of ether oxygens (including phenoxy) is 3. The van der Waals surface area contributed by atoms with E-state index >= 15 is 0 Å². The van der Waals surface area contributed by atoms with Gasteiger partial charge in [0.25, 0.3) is 5.91 Å². The first kappa shape index (κ1) is 27.7. The summed E-state index contributed by atoms with van der Waals surface area (Å²) in [6, 6.07) is 19.7. The zero-order valence-electron chi connectivity index (χ0n) is 21.4. The molecule has 10 nitrogen and oxygen atoms in total. The van der Waals surface area contributed by atoms with Crippen molar-refractivity contribution < 1.29 is 28.6 Å². The molecule has 0 saturated carbocycles. The van der Waals surface area contributed by atoms with Crippen LogP contribution in [-0.2, 0) is 20.8 Å². The van der Waals surface area contributed by atoms with Gasteiger partial charge >= 0.3 is 11.8 Å². The molecule has 0 aliphatic heterocycles. The smallest absolute Gasteiger partial charge is 0.329 e. The summed E-state index contributed by atoms with van der Waals surface area (Å²) in [7, 11) is 3.10. The van der Waals surface area contributed by atoms with Gasteiger partial charge < -0.3 is 24.8 Å². The Morgan fingerprint density at radius 3 is 2.45 bits per heavy atom. The number of para-hydroxylation sites is 1. The number of methoxy groups -OCH3 is 2. The second kappa shape index (κ2) is 14.0. The van der Waals surface area contributed by atoms with Crippen LogP contribution >= 0.6 is 0 Å². The Morgan fingerprint density at radius 2 is 1.68 bits per heavy atom. The number of hydrazone groups is 1. The largest absolute Gasteiger partial charge is 0.493 e. The van der Waals surface area contributed by atoms with Crippen LogP contribution in [0.15, 0.2) is 71.8 Å². The molecule has 0 aromatic heterocycles. The molecule has 0 aliphatic carbocycles. The van der Waals surface area contributed by atoms with E-state index in [1.54, 1.807) is 44.6 Å². The number of carbonyl (C=O) groups excluding carboxylic acids is 3. The van der Waals surface area contributed by atoms with Gasteiger partial charge in [-0.05, 0) is 60.4 Å². The number of anilines is 1. The lowest BCUT2D eigenvalue weighted by atomic mass is 10.1. The first-order chi connectivity index (χ1) is 18.4. The van der Waals surface area contributed by atoms with Crippen molar-refractivity contribution in [3.05, 3.63) is 83.4 Å². The number of rotatable bonds is 11. The van der Waals surface area contributed by atoms with Crippen LogP contribution < -0.4 is 30.3 Å². The molecular weight excluding hydrogens is 488 g/mol.